The molecule has 1 heterocycles. The van der Waals surface area contributed by atoms with E-state index in [0.717, 1.165) is 11.3 Å². The number of aromatic nitrogens is 3. The summed E-state index contributed by atoms with van der Waals surface area (Å²) in [5, 5.41) is 9.78. The lowest BCUT2D eigenvalue weighted by atomic mass is 10.1. The van der Waals surface area contributed by atoms with E-state index in [-0.39, 0.29) is 0 Å². The number of para-hydroxylation sites is 1. The molecule has 2 N–H and O–H groups in total. The molecule has 0 fully saturated rings. The zero-order chi connectivity index (χ0) is 14.8. The number of halogens is 2. The zero-order valence-corrected chi connectivity index (χ0v) is 12.5. The molecule has 1 atom stereocenters. The highest BCUT2D eigenvalue weighted by Crippen LogP contribution is 2.28. The quantitative estimate of drug-likeness (QED) is 0.802. The lowest BCUT2D eigenvalue weighted by Crippen LogP contribution is -2.13. The van der Waals surface area contributed by atoms with Crippen molar-refractivity contribution < 1.29 is 0 Å². The van der Waals surface area contributed by atoms with E-state index in [0.29, 0.717) is 15.7 Å². The van der Waals surface area contributed by atoms with Crippen LogP contribution >= 0.6 is 23.2 Å². The first-order chi connectivity index (χ1) is 10.1. The van der Waals surface area contributed by atoms with Gasteiger partial charge in [0.1, 0.15) is 5.69 Å². The highest BCUT2D eigenvalue weighted by Gasteiger charge is 2.16. The fourth-order valence-electron chi connectivity index (χ4n) is 2.02. The highest BCUT2D eigenvalue weighted by atomic mass is 35.5. The van der Waals surface area contributed by atoms with Gasteiger partial charge in [-0.25, -0.2) is 0 Å². The Hall–Kier alpha value is -1.88. The summed E-state index contributed by atoms with van der Waals surface area (Å²) < 4.78 is 0. The predicted octanol–water partition coefficient (Wildman–Crippen LogP) is 3.62. The molecular formula is C15H12Cl2N4. The Morgan fingerprint density at radius 2 is 1.81 bits per heavy atom. The van der Waals surface area contributed by atoms with Crippen molar-refractivity contribution >= 4 is 23.2 Å². The molecule has 0 amide bonds. The van der Waals surface area contributed by atoms with Crippen LogP contribution in [0.25, 0.3) is 5.69 Å². The Morgan fingerprint density at radius 3 is 2.57 bits per heavy atom. The number of benzene rings is 2. The van der Waals surface area contributed by atoms with Gasteiger partial charge in [0.25, 0.3) is 0 Å². The normalized spacial score (nSPS) is 12.3. The van der Waals surface area contributed by atoms with Crippen LogP contribution < -0.4 is 5.73 Å². The van der Waals surface area contributed by atoms with E-state index in [1.165, 1.54) is 4.80 Å². The molecule has 1 unspecified atom stereocenters. The number of hydrogen-bond acceptors (Lipinski definition) is 3. The fraction of sp³-hybridized carbons (Fsp3) is 0.0667. The van der Waals surface area contributed by atoms with E-state index < -0.39 is 6.04 Å². The number of nitrogens with zero attached hydrogens (tertiary/aromatic N) is 3. The fourth-order valence-corrected chi connectivity index (χ4v) is 2.43. The Labute approximate surface area is 132 Å². The molecule has 4 nitrogen and oxygen atoms in total. The summed E-state index contributed by atoms with van der Waals surface area (Å²) >= 11 is 12.2. The first-order valence-electron chi connectivity index (χ1n) is 6.33. The van der Waals surface area contributed by atoms with Crippen molar-refractivity contribution in [2.45, 2.75) is 6.04 Å². The van der Waals surface area contributed by atoms with Gasteiger partial charge in [-0.05, 0) is 35.9 Å². The first kappa shape index (κ1) is 14.1. The second kappa shape index (κ2) is 5.85. The van der Waals surface area contributed by atoms with E-state index in [9.17, 15) is 0 Å². The summed E-state index contributed by atoms with van der Waals surface area (Å²) in [5.41, 5.74) is 8.44. The zero-order valence-electron chi connectivity index (χ0n) is 10.9. The van der Waals surface area contributed by atoms with Gasteiger partial charge in [0, 0.05) is 10.0 Å². The van der Waals surface area contributed by atoms with E-state index in [1.807, 2.05) is 30.3 Å². The summed E-state index contributed by atoms with van der Waals surface area (Å²) in [6.07, 6.45) is 1.63. The average Bonchev–Trinajstić information content (AvgIpc) is 3.00. The minimum absolute atomic E-state index is 0.478. The molecule has 1 aromatic heterocycles. The van der Waals surface area contributed by atoms with E-state index in [1.54, 1.807) is 24.4 Å². The third kappa shape index (κ3) is 2.93. The van der Waals surface area contributed by atoms with Crippen molar-refractivity contribution in [3.63, 3.8) is 0 Å². The maximum absolute atomic E-state index is 6.22. The van der Waals surface area contributed by atoms with Crippen LogP contribution in [0.2, 0.25) is 10.0 Å². The Bertz CT molecular complexity index is 755. The summed E-state index contributed by atoms with van der Waals surface area (Å²) in [7, 11) is 0. The van der Waals surface area contributed by atoms with Gasteiger partial charge >= 0.3 is 0 Å². The molecule has 0 aliphatic heterocycles. The minimum atomic E-state index is -0.478. The maximum Gasteiger partial charge on any atom is 0.104 e. The van der Waals surface area contributed by atoms with Gasteiger partial charge in [-0.15, -0.1) is 0 Å². The largest absolute Gasteiger partial charge is 0.319 e. The Balaban J connectivity index is 1.94. The molecule has 0 saturated heterocycles. The second-order valence-corrected chi connectivity index (χ2v) is 5.38. The molecule has 6 heteroatoms. The van der Waals surface area contributed by atoms with E-state index >= 15 is 0 Å². The molecule has 0 saturated carbocycles. The molecule has 0 bridgehead atoms. The lowest BCUT2D eigenvalue weighted by Gasteiger charge is -2.11. The van der Waals surface area contributed by atoms with Crippen molar-refractivity contribution in [1.82, 2.24) is 15.0 Å². The molecule has 0 spiro atoms. The van der Waals surface area contributed by atoms with Crippen molar-refractivity contribution in [2.75, 3.05) is 0 Å². The standard InChI is InChI=1S/C15H12Cl2N4/c16-10-6-7-13(17)12(8-10)15(18)14-9-19-21(20-14)11-4-2-1-3-5-11/h1-9,15H,18H2. The third-order valence-electron chi connectivity index (χ3n) is 3.11. The molecule has 3 aromatic rings. The minimum Gasteiger partial charge on any atom is -0.319 e. The van der Waals surface area contributed by atoms with Gasteiger partial charge < -0.3 is 5.73 Å². The number of rotatable bonds is 3. The van der Waals surface area contributed by atoms with E-state index in [4.69, 9.17) is 28.9 Å². The Kier molecular flexibility index (Phi) is 3.92. The van der Waals surface area contributed by atoms with Crippen LogP contribution in [0.4, 0.5) is 0 Å². The smallest absolute Gasteiger partial charge is 0.104 e. The van der Waals surface area contributed by atoms with Crippen LogP contribution in [0.15, 0.2) is 54.7 Å². The van der Waals surface area contributed by atoms with Gasteiger partial charge in [-0.3, -0.25) is 0 Å². The second-order valence-electron chi connectivity index (χ2n) is 4.54. The molecular weight excluding hydrogens is 307 g/mol. The Morgan fingerprint density at radius 1 is 1.05 bits per heavy atom. The summed E-state index contributed by atoms with van der Waals surface area (Å²) in [5.74, 6) is 0. The summed E-state index contributed by atoms with van der Waals surface area (Å²) in [6, 6.07) is 14.3. The van der Waals surface area contributed by atoms with Crippen molar-refractivity contribution in [3.05, 3.63) is 76.0 Å². The van der Waals surface area contributed by atoms with Crippen LogP contribution in [-0.2, 0) is 0 Å². The van der Waals surface area contributed by atoms with Crippen LogP contribution in [0, 0.1) is 0 Å². The van der Waals surface area contributed by atoms with Crippen LogP contribution in [0.3, 0.4) is 0 Å². The van der Waals surface area contributed by atoms with Crippen LogP contribution in [-0.4, -0.2) is 15.0 Å². The van der Waals surface area contributed by atoms with Crippen molar-refractivity contribution in [1.29, 1.82) is 0 Å². The van der Waals surface area contributed by atoms with Crippen molar-refractivity contribution in [3.8, 4) is 5.69 Å². The van der Waals surface area contributed by atoms with E-state index in [2.05, 4.69) is 10.2 Å². The molecule has 2 aromatic carbocycles. The first-order valence-corrected chi connectivity index (χ1v) is 7.09. The molecule has 3 rings (SSSR count). The molecule has 106 valence electrons. The third-order valence-corrected chi connectivity index (χ3v) is 3.69. The topological polar surface area (TPSA) is 56.7 Å². The summed E-state index contributed by atoms with van der Waals surface area (Å²) in [4.78, 5) is 1.54. The highest BCUT2D eigenvalue weighted by molar-refractivity contribution is 6.33. The number of hydrogen-bond donors (Lipinski definition) is 1. The SMILES string of the molecule is NC(c1cnn(-c2ccccc2)n1)c1cc(Cl)ccc1Cl. The van der Waals surface area contributed by atoms with Crippen LogP contribution in [0.5, 0.6) is 0 Å². The number of nitrogens with two attached hydrogens (primary N) is 1. The van der Waals surface area contributed by atoms with Crippen LogP contribution in [0.1, 0.15) is 17.3 Å². The van der Waals surface area contributed by atoms with Gasteiger partial charge in [0.2, 0.25) is 0 Å². The molecule has 0 radical (unpaired) electrons. The van der Waals surface area contributed by atoms with Crippen molar-refractivity contribution in [2.24, 2.45) is 5.73 Å². The molecule has 0 aliphatic rings. The summed E-state index contributed by atoms with van der Waals surface area (Å²) in [6.45, 7) is 0. The van der Waals surface area contributed by atoms with Gasteiger partial charge in [0.05, 0.1) is 17.9 Å². The maximum atomic E-state index is 6.22. The predicted molar refractivity (Wildman–Crippen MR) is 83.9 cm³/mol. The monoisotopic (exact) mass is 318 g/mol. The average molecular weight is 319 g/mol. The van der Waals surface area contributed by atoms with Gasteiger partial charge in [-0.2, -0.15) is 15.0 Å². The van der Waals surface area contributed by atoms with Gasteiger partial charge in [0.15, 0.2) is 0 Å². The molecule has 21 heavy (non-hydrogen) atoms. The molecule has 0 aliphatic carbocycles. The lowest BCUT2D eigenvalue weighted by molar-refractivity contribution is 0.720. The van der Waals surface area contributed by atoms with Gasteiger partial charge in [-0.1, -0.05) is 41.4 Å².